The van der Waals surface area contributed by atoms with Gasteiger partial charge in [0, 0.05) is 26.6 Å². The van der Waals surface area contributed by atoms with Crippen molar-refractivity contribution in [2.75, 3.05) is 11.9 Å². The SMILES string of the molecule is CC(CN)C(=O)Nc1cnc2c(c1)c(=O)n(C)c(=O)n2C. The van der Waals surface area contributed by atoms with Crippen LogP contribution in [0.3, 0.4) is 0 Å². The van der Waals surface area contributed by atoms with E-state index in [0.29, 0.717) is 5.69 Å². The summed E-state index contributed by atoms with van der Waals surface area (Å²) in [7, 11) is 2.93. The second kappa shape index (κ2) is 5.49. The molecule has 0 saturated heterocycles. The molecule has 2 heterocycles. The van der Waals surface area contributed by atoms with Gasteiger partial charge in [0.05, 0.1) is 17.3 Å². The predicted molar refractivity (Wildman–Crippen MR) is 79.1 cm³/mol. The highest BCUT2D eigenvalue weighted by atomic mass is 16.2. The molecule has 8 nitrogen and oxygen atoms in total. The lowest BCUT2D eigenvalue weighted by molar-refractivity contribution is -0.119. The van der Waals surface area contributed by atoms with Gasteiger partial charge < -0.3 is 11.1 Å². The zero-order chi connectivity index (χ0) is 15.7. The van der Waals surface area contributed by atoms with Crippen molar-refractivity contribution in [3.8, 4) is 0 Å². The number of fused-ring (bicyclic) bond motifs is 1. The van der Waals surface area contributed by atoms with Crippen molar-refractivity contribution in [1.29, 1.82) is 0 Å². The molecule has 2 aromatic heterocycles. The van der Waals surface area contributed by atoms with Crippen LogP contribution in [-0.4, -0.2) is 26.6 Å². The highest BCUT2D eigenvalue weighted by Gasteiger charge is 2.14. The first-order valence-electron chi connectivity index (χ1n) is 6.43. The van der Waals surface area contributed by atoms with E-state index < -0.39 is 11.2 Å². The maximum Gasteiger partial charge on any atom is 0.332 e. The summed E-state index contributed by atoms with van der Waals surface area (Å²) < 4.78 is 2.28. The van der Waals surface area contributed by atoms with Gasteiger partial charge >= 0.3 is 5.69 Å². The Hall–Kier alpha value is -2.48. The van der Waals surface area contributed by atoms with E-state index in [-0.39, 0.29) is 29.4 Å². The van der Waals surface area contributed by atoms with Crippen LogP contribution in [0, 0.1) is 5.92 Å². The Balaban J connectivity index is 2.55. The topological polar surface area (TPSA) is 112 Å². The molecular formula is C13H17N5O3. The Morgan fingerprint density at radius 3 is 2.67 bits per heavy atom. The Labute approximate surface area is 120 Å². The number of nitrogens with one attached hydrogen (secondary N) is 1. The molecule has 0 radical (unpaired) electrons. The van der Waals surface area contributed by atoms with Crippen molar-refractivity contribution >= 4 is 22.6 Å². The molecule has 2 aromatic rings. The predicted octanol–water partition coefficient (Wildman–Crippen LogP) is -0.834. The Kier molecular flexibility index (Phi) is 3.90. The molecule has 0 fully saturated rings. The van der Waals surface area contributed by atoms with Crippen LogP contribution < -0.4 is 22.3 Å². The molecule has 3 N–H and O–H groups in total. The minimum atomic E-state index is -0.455. The van der Waals surface area contributed by atoms with Crippen LogP contribution in [0.25, 0.3) is 11.0 Å². The minimum Gasteiger partial charge on any atom is -0.330 e. The van der Waals surface area contributed by atoms with E-state index in [0.717, 1.165) is 4.57 Å². The first-order chi connectivity index (χ1) is 9.86. The number of aromatic nitrogens is 3. The average molecular weight is 291 g/mol. The van der Waals surface area contributed by atoms with Crippen LogP contribution in [-0.2, 0) is 18.9 Å². The van der Waals surface area contributed by atoms with Gasteiger partial charge in [-0.05, 0) is 6.07 Å². The van der Waals surface area contributed by atoms with Gasteiger partial charge in [-0.25, -0.2) is 9.78 Å². The molecule has 1 amide bonds. The summed E-state index contributed by atoms with van der Waals surface area (Å²) in [5, 5.41) is 2.91. The van der Waals surface area contributed by atoms with E-state index in [1.54, 1.807) is 6.92 Å². The van der Waals surface area contributed by atoms with Gasteiger partial charge in [0.25, 0.3) is 5.56 Å². The Morgan fingerprint density at radius 2 is 2.05 bits per heavy atom. The van der Waals surface area contributed by atoms with E-state index in [4.69, 9.17) is 5.73 Å². The minimum absolute atomic E-state index is 0.225. The molecule has 8 heteroatoms. The second-order valence-electron chi connectivity index (χ2n) is 4.93. The zero-order valence-electron chi connectivity index (χ0n) is 12.1. The quantitative estimate of drug-likeness (QED) is 0.766. The van der Waals surface area contributed by atoms with Crippen molar-refractivity contribution < 1.29 is 4.79 Å². The number of nitrogens with two attached hydrogens (primary N) is 1. The lowest BCUT2D eigenvalue weighted by atomic mass is 10.1. The van der Waals surface area contributed by atoms with Gasteiger partial charge in [-0.3, -0.25) is 18.7 Å². The van der Waals surface area contributed by atoms with E-state index in [1.165, 1.54) is 30.9 Å². The first-order valence-corrected chi connectivity index (χ1v) is 6.43. The molecule has 0 saturated carbocycles. The fourth-order valence-corrected chi connectivity index (χ4v) is 1.91. The standard InChI is InChI=1S/C13H17N5O3/c1-7(5-14)11(19)16-8-4-9-10(15-6-8)17(2)13(21)18(3)12(9)20/h4,6-7H,5,14H2,1-3H3,(H,16,19). The number of pyridine rings is 1. The van der Waals surface area contributed by atoms with Gasteiger partial charge in [0.2, 0.25) is 5.91 Å². The second-order valence-corrected chi connectivity index (χ2v) is 4.93. The van der Waals surface area contributed by atoms with Crippen molar-refractivity contribution in [2.45, 2.75) is 6.92 Å². The van der Waals surface area contributed by atoms with E-state index >= 15 is 0 Å². The normalized spacial score (nSPS) is 12.4. The molecule has 0 aliphatic carbocycles. The summed E-state index contributed by atoms with van der Waals surface area (Å²) in [5.41, 5.74) is 5.19. The zero-order valence-corrected chi connectivity index (χ0v) is 12.1. The highest BCUT2D eigenvalue weighted by molar-refractivity contribution is 5.94. The van der Waals surface area contributed by atoms with Crippen molar-refractivity contribution in [3.05, 3.63) is 33.1 Å². The molecule has 0 spiro atoms. The Bertz CT molecular complexity index is 821. The van der Waals surface area contributed by atoms with E-state index in [9.17, 15) is 14.4 Å². The average Bonchev–Trinajstić information content (AvgIpc) is 2.49. The monoisotopic (exact) mass is 291 g/mol. The number of aryl methyl sites for hydroxylation is 1. The van der Waals surface area contributed by atoms with Crippen LogP contribution in [0.2, 0.25) is 0 Å². The Morgan fingerprint density at radius 1 is 1.38 bits per heavy atom. The summed E-state index contributed by atoms with van der Waals surface area (Å²) in [6, 6.07) is 1.51. The summed E-state index contributed by atoms with van der Waals surface area (Å²) in [6.07, 6.45) is 1.41. The molecule has 2 rings (SSSR count). The van der Waals surface area contributed by atoms with Gasteiger partial charge in [0.1, 0.15) is 5.65 Å². The summed E-state index contributed by atoms with van der Waals surface area (Å²) in [4.78, 5) is 39.8. The summed E-state index contributed by atoms with van der Waals surface area (Å²) in [6.45, 7) is 1.93. The largest absolute Gasteiger partial charge is 0.332 e. The summed E-state index contributed by atoms with van der Waals surface area (Å²) in [5.74, 6) is -0.594. The van der Waals surface area contributed by atoms with Crippen molar-refractivity contribution in [2.24, 2.45) is 25.7 Å². The van der Waals surface area contributed by atoms with Crippen LogP contribution in [0.5, 0.6) is 0 Å². The molecule has 1 atom stereocenters. The number of amides is 1. The smallest absolute Gasteiger partial charge is 0.330 e. The number of hydrogen-bond acceptors (Lipinski definition) is 5. The first kappa shape index (κ1) is 14.9. The molecule has 0 aliphatic heterocycles. The van der Waals surface area contributed by atoms with Crippen molar-refractivity contribution in [1.82, 2.24) is 14.1 Å². The third-order valence-electron chi connectivity index (χ3n) is 3.36. The van der Waals surface area contributed by atoms with Gasteiger partial charge in [-0.15, -0.1) is 0 Å². The number of rotatable bonds is 3. The van der Waals surface area contributed by atoms with Gasteiger partial charge in [0.15, 0.2) is 0 Å². The van der Waals surface area contributed by atoms with Crippen LogP contribution in [0.4, 0.5) is 5.69 Å². The molecule has 0 aromatic carbocycles. The number of anilines is 1. The molecule has 0 bridgehead atoms. The number of nitrogens with zero attached hydrogens (tertiary/aromatic N) is 3. The fraction of sp³-hybridized carbons (Fsp3) is 0.385. The number of carbonyl (C=O) groups is 1. The fourth-order valence-electron chi connectivity index (χ4n) is 1.91. The molecule has 21 heavy (non-hydrogen) atoms. The lowest BCUT2D eigenvalue weighted by Crippen LogP contribution is -2.37. The highest BCUT2D eigenvalue weighted by Crippen LogP contribution is 2.12. The van der Waals surface area contributed by atoms with Gasteiger partial charge in [-0.2, -0.15) is 0 Å². The third-order valence-corrected chi connectivity index (χ3v) is 3.36. The molecule has 1 unspecified atom stereocenters. The maximum absolute atomic E-state index is 12.1. The van der Waals surface area contributed by atoms with Gasteiger partial charge in [-0.1, -0.05) is 6.92 Å². The molecule has 0 aliphatic rings. The van der Waals surface area contributed by atoms with E-state index in [1.807, 2.05) is 0 Å². The van der Waals surface area contributed by atoms with Crippen LogP contribution in [0.15, 0.2) is 21.9 Å². The summed E-state index contributed by atoms with van der Waals surface area (Å²) >= 11 is 0. The van der Waals surface area contributed by atoms with Crippen molar-refractivity contribution in [3.63, 3.8) is 0 Å². The van der Waals surface area contributed by atoms with Crippen LogP contribution >= 0.6 is 0 Å². The molecule has 112 valence electrons. The number of carbonyl (C=O) groups excluding carboxylic acids is 1. The van der Waals surface area contributed by atoms with Crippen LogP contribution in [0.1, 0.15) is 6.92 Å². The maximum atomic E-state index is 12.1. The third kappa shape index (κ3) is 2.57. The number of hydrogen-bond donors (Lipinski definition) is 2. The van der Waals surface area contributed by atoms with E-state index in [2.05, 4.69) is 10.3 Å². The molecular weight excluding hydrogens is 274 g/mol. The lowest BCUT2D eigenvalue weighted by Gasteiger charge is -2.11.